The number of rotatable bonds is 10. The number of aliphatic hydroxyl groups is 3. The van der Waals surface area contributed by atoms with E-state index < -0.39 is 122 Å². The number of Topliss-reactive ketones (excluding diaryl/α,β-unsaturated/α-hetero) is 1. The Kier molecular flexibility index (Phi) is 21.1. The van der Waals surface area contributed by atoms with Gasteiger partial charge in [-0.1, -0.05) is 95.1 Å². The topological polar surface area (TPSA) is 293 Å². The van der Waals surface area contributed by atoms with Crippen LogP contribution in [-0.2, 0) is 38.4 Å². The van der Waals surface area contributed by atoms with E-state index >= 15 is 0 Å². The first-order valence-corrected chi connectivity index (χ1v) is 29.8. The van der Waals surface area contributed by atoms with E-state index in [1.165, 1.54) is 51.5 Å². The number of fused-ring (bicyclic) bond motifs is 1. The highest BCUT2D eigenvalue weighted by atomic mass is 35.5. The van der Waals surface area contributed by atoms with Crippen molar-refractivity contribution in [3.63, 3.8) is 0 Å². The van der Waals surface area contributed by atoms with E-state index in [1.54, 1.807) is 65.8 Å². The maximum absolute atomic E-state index is 14.7. The van der Waals surface area contributed by atoms with Crippen LogP contribution in [0.5, 0.6) is 17.2 Å². The molecule has 4 aliphatic heterocycles. The van der Waals surface area contributed by atoms with Crippen LogP contribution in [0.15, 0.2) is 75.3 Å². The Bertz CT molecular complexity index is 3240. The average molecular weight is 1210 g/mol. The molecule has 20 nitrogen and oxygen atoms in total. The molecular weight excluding hydrogens is 1130 g/mol. The minimum atomic E-state index is -3.36. The molecule has 0 radical (unpaired) electrons. The second-order valence-corrected chi connectivity index (χ2v) is 25.4. The number of carbonyl (C=O) groups excluding carboxylic acids is 4. The van der Waals surface area contributed by atoms with Crippen LogP contribution < -0.4 is 26.1 Å². The number of anilines is 1. The SMILES string of the molecule is CO[C@@H]1/C=C\O[C@@]2(C)Oc3c(C)c(O)c4c(O)c(c5c(c4c3C2=O)NC2(CCN(CC(C)C)CC2)N=5)=NC(=O)/C(C)=C\C=C/[C@@H](C)[C@@H](O)[C@H](C)[C@H](O)[C@H](C)[C@H](OC(C)=O)[C@@H]1C.CS(=O)(=O)c1ccc([C@@H](O)[C@@H](CF)NC(=O)C(Cl)Cl)cc1. The number of allylic oxidation sites excluding steroid dienone is 2. The van der Waals surface area contributed by atoms with Gasteiger partial charge in [-0.2, -0.15) is 0 Å². The van der Waals surface area contributed by atoms with Crippen LogP contribution in [-0.4, -0.2) is 149 Å². The van der Waals surface area contributed by atoms with Gasteiger partial charge in [0.1, 0.15) is 46.8 Å². The Morgan fingerprint density at radius 2 is 1.60 bits per heavy atom. The van der Waals surface area contributed by atoms with Gasteiger partial charge in [-0.15, -0.1) is 0 Å². The molecule has 0 aliphatic carbocycles. The van der Waals surface area contributed by atoms with Crippen molar-refractivity contribution in [3.05, 3.63) is 87.8 Å². The number of halogens is 3. The summed E-state index contributed by atoms with van der Waals surface area (Å²) in [7, 11) is -1.89. The van der Waals surface area contributed by atoms with Crippen molar-refractivity contribution in [2.24, 2.45) is 39.6 Å². The number of ketones is 1. The Labute approximate surface area is 487 Å². The van der Waals surface area contributed by atoms with Crippen molar-refractivity contribution in [2.45, 2.75) is 140 Å². The van der Waals surface area contributed by atoms with Gasteiger partial charge in [0.25, 0.3) is 17.6 Å². The average Bonchev–Trinajstić information content (AvgIpc) is 2.55. The molecule has 7 rings (SSSR count). The summed E-state index contributed by atoms with van der Waals surface area (Å²) in [5, 5.41) is 62.7. The van der Waals surface area contributed by atoms with Crippen molar-refractivity contribution in [3.8, 4) is 17.2 Å². The molecular formula is C58H76Cl2FN5O15S. The fraction of sp³-hybridized carbons (Fsp3) is 0.552. The van der Waals surface area contributed by atoms with E-state index in [4.69, 9.17) is 47.1 Å². The number of alkyl halides is 3. The number of hydrogen-bond acceptors (Lipinski definition) is 18. The Morgan fingerprint density at radius 1 is 0.963 bits per heavy atom. The van der Waals surface area contributed by atoms with Crippen molar-refractivity contribution in [1.29, 1.82) is 0 Å². The van der Waals surface area contributed by atoms with E-state index in [9.17, 15) is 57.5 Å². The molecule has 450 valence electrons. The first-order valence-electron chi connectivity index (χ1n) is 27.0. The molecule has 24 heteroatoms. The summed E-state index contributed by atoms with van der Waals surface area (Å²) in [6, 6.07) is 4.03. The number of nitrogens with one attached hydrogen (secondary N) is 2. The number of sulfone groups is 1. The van der Waals surface area contributed by atoms with Crippen LogP contribution in [0.4, 0.5) is 10.1 Å². The van der Waals surface area contributed by atoms with Crippen LogP contribution in [0.1, 0.15) is 103 Å². The third kappa shape index (κ3) is 14.1. The second kappa shape index (κ2) is 26.5. The zero-order valence-electron chi connectivity index (χ0n) is 48.1. The molecule has 11 atom stereocenters. The van der Waals surface area contributed by atoms with E-state index in [-0.39, 0.29) is 60.1 Å². The summed E-state index contributed by atoms with van der Waals surface area (Å²) >= 11 is 10.7. The number of hydrogen-bond donors (Lipinski definition) is 7. The van der Waals surface area contributed by atoms with Gasteiger partial charge in [0.05, 0.1) is 52.1 Å². The summed E-state index contributed by atoms with van der Waals surface area (Å²) in [4.78, 5) is 62.9. The smallest absolute Gasteiger partial charge is 0.312 e. The van der Waals surface area contributed by atoms with Crippen molar-refractivity contribution >= 4 is 73.1 Å². The minimum Gasteiger partial charge on any atom is -0.507 e. The van der Waals surface area contributed by atoms with E-state index in [2.05, 4.69) is 34.4 Å². The van der Waals surface area contributed by atoms with E-state index in [0.29, 0.717) is 24.4 Å². The predicted molar refractivity (Wildman–Crippen MR) is 306 cm³/mol. The summed E-state index contributed by atoms with van der Waals surface area (Å²) in [6.07, 6.45) is 4.76. The van der Waals surface area contributed by atoms with Crippen LogP contribution >= 0.6 is 23.2 Å². The molecule has 1 saturated heterocycles. The fourth-order valence-electron chi connectivity index (χ4n) is 10.8. The van der Waals surface area contributed by atoms with Gasteiger partial charge in [-0.05, 0) is 43.5 Å². The van der Waals surface area contributed by atoms with Crippen molar-refractivity contribution in [2.75, 3.05) is 45.0 Å². The summed E-state index contributed by atoms with van der Waals surface area (Å²) in [5.41, 5.74) is 0.144. The molecule has 4 heterocycles. The molecule has 7 N–H and O–H groups in total. The van der Waals surface area contributed by atoms with Gasteiger partial charge in [-0.3, -0.25) is 24.2 Å². The van der Waals surface area contributed by atoms with E-state index in [1.807, 2.05) is 0 Å². The third-order valence-corrected chi connectivity index (χ3v) is 17.2. The second-order valence-electron chi connectivity index (χ2n) is 22.3. The van der Waals surface area contributed by atoms with Gasteiger partial charge >= 0.3 is 11.8 Å². The maximum Gasteiger partial charge on any atom is 0.312 e. The van der Waals surface area contributed by atoms with Crippen LogP contribution in [0.2, 0.25) is 0 Å². The largest absolute Gasteiger partial charge is 0.507 e. The third-order valence-electron chi connectivity index (χ3n) is 15.6. The Hall–Kier alpha value is -5.72. The molecule has 82 heavy (non-hydrogen) atoms. The molecule has 0 saturated carbocycles. The predicted octanol–water partition coefficient (Wildman–Crippen LogP) is 6.13. The number of aromatic hydroxyl groups is 2. The highest BCUT2D eigenvalue weighted by Crippen LogP contribution is 2.51. The van der Waals surface area contributed by atoms with Gasteiger partial charge in [0.15, 0.2) is 20.4 Å². The quantitative estimate of drug-likeness (QED) is 0.0682. The van der Waals surface area contributed by atoms with Crippen LogP contribution in [0, 0.1) is 36.5 Å². The van der Waals surface area contributed by atoms with Crippen LogP contribution in [0.25, 0.3) is 10.8 Å². The van der Waals surface area contributed by atoms with Gasteiger partial charge in [0, 0.05) is 99.9 Å². The number of ether oxygens (including phenoxy) is 4. The summed E-state index contributed by atoms with van der Waals surface area (Å²) in [5.74, 6) is -7.39. The first kappa shape index (κ1) is 65.4. The standard InChI is InChI=1S/C46H62N4O11.C12H14Cl2FNO4S/c1-22(2)21-50-18-16-46(17-19-50)48-34-31-32-39(54)28(8)42-33(31)43(56)45(10,61-42)59-20-15-30(58-11)25(5)41(60-29(9)51)27(7)38(53)26(6)37(52)23(3)13-12-14-24(4)44(57)47-36(40(32)55)35(34)49-46;1-21(19,20)8-4-2-7(3-5-8)10(17)9(6-15)16-12(18)11(13)14/h12-15,20,22-23,25-27,30,37-38,41,48,52-55H,16-19,21H2,1-11H3;2-5,9-11,17H,6H2,1H3,(H,16,18)/b13-12-,20-15-,24-14-,47-36?;/t23-,25-,26+,27+,30-,37-,38+,41-,45+;9-,10-/m11/s1. The lowest BCUT2D eigenvalue weighted by Gasteiger charge is -2.38. The first-order chi connectivity index (χ1) is 38.3. The number of aliphatic hydroxyl groups excluding tert-OH is 3. The molecule has 3 aromatic carbocycles. The molecule has 2 amide bonds. The number of likely N-dealkylation sites (tertiary alicyclic amines) is 1. The summed E-state index contributed by atoms with van der Waals surface area (Å²) < 4.78 is 59.6. The lowest BCUT2D eigenvalue weighted by molar-refractivity contribution is -0.160. The molecule has 0 aromatic heterocycles. The number of phenols is 2. The minimum absolute atomic E-state index is 0.0538. The van der Waals surface area contributed by atoms with Crippen molar-refractivity contribution in [1.82, 2.24) is 10.2 Å². The number of nitrogens with zero attached hydrogens (tertiary/aromatic N) is 3. The number of amides is 2. The monoisotopic (exact) mass is 1200 g/mol. The number of carbonyl (C=O) groups is 4. The molecule has 4 bridgehead atoms. The highest BCUT2D eigenvalue weighted by molar-refractivity contribution is 7.90. The maximum atomic E-state index is 14.7. The zero-order chi connectivity index (χ0) is 61.1. The van der Waals surface area contributed by atoms with Gasteiger partial charge < -0.3 is 60.0 Å². The number of benzene rings is 3. The molecule has 1 spiro atoms. The summed E-state index contributed by atoms with van der Waals surface area (Å²) in [6.45, 7) is 18.5. The Balaban J connectivity index is 0.000000433. The van der Waals surface area contributed by atoms with Crippen molar-refractivity contribution < 1.29 is 76.5 Å². The molecule has 0 unspecified atom stereocenters. The zero-order valence-corrected chi connectivity index (χ0v) is 50.4. The van der Waals surface area contributed by atoms with Crippen LogP contribution in [0.3, 0.4) is 0 Å². The number of phenolic OH excluding ortho intramolecular Hbond substituents is 2. The van der Waals surface area contributed by atoms with E-state index in [0.717, 1.165) is 25.9 Å². The fourth-order valence-corrected chi connectivity index (χ4v) is 11.6. The molecule has 4 aliphatic rings. The Morgan fingerprint density at radius 3 is 2.16 bits per heavy atom. The normalized spacial score (nSPS) is 28.1. The number of piperidine rings is 1. The number of methoxy groups -OCH3 is 1. The molecule has 3 aromatic rings. The highest BCUT2D eigenvalue weighted by Gasteiger charge is 2.51. The van der Waals surface area contributed by atoms with Gasteiger partial charge in [-0.25, -0.2) is 17.8 Å². The number of esters is 1. The lowest BCUT2D eigenvalue weighted by Crippen LogP contribution is -2.47. The van der Waals surface area contributed by atoms with Gasteiger partial charge in [0.2, 0.25) is 0 Å². The molecule has 1 fully saturated rings. The lowest BCUT2D eigenvalue weighted by atomic mass is 9.78.